The van der Waals surface area contributed by atoms with Crippen LogP contribution in [0.5, 0.6) is 17.2 Å². The molecule has 5 heteroatoms. The molecule has 1 aliphatic carbocycles. The lowest BCUT2D eigenvalue weighted by Gasteiger charge is -2.18. The second-order valence-corrected chi connectivity index (χ2v) is 5.45. The van der Waals surface area contributed by atoms with Crippen LogP contribution in [0.3, 0.4) is 0 Å². The van der Waals surface area contributed by atoms with Crippen LogP contribution in [0.2, 0.25) is 0 Å². The molecule has 0 heterocycles. The lowest BCUT2D eigenvalue weighted by molar-refractivity contribution is 0.344. The summed E-state index contributed by atoms with van der Waals surface area (Å²) in [5.74, 6) is 2.09. The number of rotatable bonds is 5. The van der Waals surface area contributed by atoms with E-state index in [-0.39, 0.29) is 5.54 Å². The van der Waals surface area contributed by atoms with Gasteiger partial charge in [-0.15, -0.1) is 0 Å². The molecule has 0 bridgehead atoms. The van der Waals surface area contributed by atoms with Crippen LogP contribution in [0.15, 0.2) is 10.5 Å². The van der Waals surface area contributed by atoms with Crippen LogP contribution in [-0.4, -0.2) is 26.9 Å². The van der Waals surface area contributed by atoms with E-state index in [1.54, 1.807) is 21.3 Å². The van der Waals surface area contributed by atoms with Crippen molar-refractivity contribution in [1.29, 1.82) is 0 Å². The monoisotopic (exact) mass is 315 g/mol. The van der Waals surface area contributed by atoms with E-state index in [1.807, 2.05) is 6.07 Å². The molecule has 1 saturated carbocycles. The van der Waals surface area contributed by atoms with E-state index < -0.39 is 0 Å². The molecule has 1 fully saturated rings. The van der Waals surface area contributed by atoms with Crippen molar-refractivity contribution in [3.63, 3.8) is 0 Å². The van der Waals surface area contributed by atoms with E-state index in [4.69, 9.17) is 19.9 Å². The molecule has 0 aromatic heterocycles. The van der Waals surface area contributed by atoms with Gasteiger partial charge in [0.05, 0.1) is 21.3 Å². The van der Waals surface area contributed by atoms with Gasteiger partial charge in [-0.05, 0) is 41.3 Å². The number of ether oxygens (including phenoxy) is 3. The molecule has 18 heavy (non-hydrogen) atoms. The van der Waals surface area contributed by atoms with Gasteiger partial charge in [0, 0.05) is 11.1 Å². The second-order valence-electron chi connectivity index (χ2n) is 4.66. The van der Waals surface area contributed by atoms with Crippen LogP contribution in [0.25, 0.3) is 0 Å². The molecule has 1 aromatic rings. The third kappa shape index (κ3) is 2.42. The van der Waals surface area contributed by atoms with Crippen LogP contribution in [0, 0.1) is 0 Å². The molecule has 0 amide bonds. The molecule has 100 valence electrons. The molecule has 2 N–H and O–H groups in total. The number of hydrogen-bond acceptors (Lipinski definition) is 4. The van der Waals surface area contributed by atoms with Gasteiger partial charge >= 0.3 is 0 Å². The minimum Gasteiger partial charge on any atom is -0.495 e. The zero-order chi connectivity index (χ0) is 13.3. The van der Waals surface area contributed by atoms with Crippen LogP contribution in [0.1, 0.15) is 18.4 Å². The molecular weight excluding hydrogens is 298 g/mol. The predicted octanol–water partition coefficient (Wildman–Crippen LogP) is 2.51. The average Bonchev–Trinajstić information content (AvgIpc) is 3.06. The van der Waals surface area contributed by atoms with Gasteiger partial charge in [-0.25, -0.2) is 0 Å². The Bertz CT molecular complexity index is 458. The van der Waals surface area contributed by atoms with Crippen molar-refractivity contribution in [3.8, 4) is 17.2 Å². The first-order chi connectivity index (χ1) is 8.54. The normalized spacial score (nSPS) is 16.3. The van der Waals surface area contributed by atoms with Crippen molar-refractivity contribution < 1.29 is 14.2 Å². The first kappa shape index (κ1) is 13.5. The van der Waals surface area contributed by atoms with E-state index in [0.717, 1.165) is 35.0 Å². The number of nitrogens with two attached hydrogens (primary N) is 1. The fourth-order valence-electron chi connectivity index (χ4n) is 2.05. The summed E-state index contributed by atoms with van der Waals surface area (Å²) in [5, 5.41) is 0. The average molecular weight is 316 g/mol. The molecule has 1 aliphatic rings. The molecule has 4 nitrogen and oxygen atoms in total. The first-order valence-corrected chi connectivity index (χ1v) is 6.60. The Balaban J connectivity index is 2.47. The summed E-state index contributed by atoms with van der Waals surface area (Å²) in [6.45, 7) is 0. The number of benzene rings is 1. The van der Waals surface area contributed by atoms with Gasteiger partial charge in [-0.3, -0.25) is 0 Å². The summed E-state index contributed by atoms with van der Waals surface area (Å²) in [5.41, 5.74) is 7.14. The Kier molecular flexibility index (Phi) is 3.73. The maximum atomic E-state index is 6.17. The Hall–Kier alpha value is -0.940. The van der Waals surface area contributed by atoms with Gasteiger partial charge in [0.25, 0.3) is 0 Å². The first-order valence-electron chi connectivity index (χ1n) is 5.81. The summed E-state index contributed by atoms with van der Waals surface area (Å²) in [6, 6.07) is 1.94. The Morgan fingerprint density at radius 1 is 1.17 bits per heavy atom. The molecule has 2 rings (SSSR count). The van der Waals surface area contributed by atoms with Crippen LogP contribution >= 0.6 is 15.9 Å². The van der Waals surface area contributed by atoms with E-state index >= 15 is 0 Å². The highest BCUT2D eigenvalue weighted by molar-refractivity contribution is 9.10. The van der Waals surface area contributed by atoms with Crippen LogP contribution < -0.4 is 19.9 Å². The van der Waals surface area contributed by atoms with E-state index in [1.165, 1.54) is 0 Å². The van der Waals surface area contributed by atoms with Crippen molar-refractivity contribution >= 4 is 15.9 Å². The summed E-state index contributed by atoms with van der Waals surface area (Å²) in [4.78, 5) is 0. The Morgan fingerprint density at radius 2 is 1.78 bits per heavy atom. The maximum absolute atomic E-state index is 6.17. The molecule has 1 aromatic carbocycles. The Labute approximate surface area is 116 Å². The number of hydrogen-bond donors (Lipinski definition) is 1. The van der Waals surface area contributed by atoms with Gasteiger partial charge in [-0.1, -0.05) is 0 Å². The zero-order valence-corrected chi connectivity index (χ0v) is 12.5. The Morgan fingerprint density at radius 3 is 2.22 bits per heavy atom. The van der Waals surface area contributed by atoms with Gasteiger partial charge in [0.2, 0.25) is 0 Å². The summed E-state index contributed by atoms with van der Waals surface area (Å²) >= 11 is 3.50. The minimum atomic E-state index is -0.0771. The van der Waals surface area contributed by atoms with Crippen LogP contribution in [0.4, 0.5) is 0 Å². The molecule has 0 radical (unpaired) electrons. The smallest absolute Gasteiger partial charge is 0.178 e. The SMILES string of the molecule is COc1cc(CC2(N)CC2)c(OC)c(Br)c1OC. The fourth-order valence-corrected chi connectivity index (χ4v) is 2.83. The lowest BCUT2D eigenvalue weighted by atomic mass is 10.0. The van der Waals surface area contributed by atoms with Crippen molar-refractivity contribution in [3.05, 3.63) is 16.1 Å². The van der Waals surface area contributed by atoms with E-state index in [0.29, 0.717) is 11.5 Å². The highest BCUT2D eigenvalue weighted by Crippen LogP contribution is 2.47. The summed E-state index contributed by atoms with van der Waals surface area (Å²) in [7, 11) is 4.87. The van der Waals surface area contributed by atoms with E-state index in [2.05, 4.69) is 15.9 Å². The molecular formula is C13H18BrNO3. The van der Waals surface area contributed by atoms with Gasteiger partial charge in [0.1, 0.15) is 10.2 Å². The van der Waals surface area contributed by atoms with Gasteiger partial charge in [0.15, 0.2) is 11.5 Å². The fraction of sp³-hybridized carbons (Fsp3) is 0.538. The topological polar surface area (TPSA) is 53.7 Å². The van der Waals surface area contributed by atoms with Crippen molar-refractivity contribution in [2.24, 2.45) is 5.73 Å². The lowest BCUT2D eigenvalue weighted by Crippen LogP contribution is -2.24. The van der Waals surface area contributed by atoms with Gasteiger partial charge in [-0.2, -0.15) is 0 Å². The number of methoxy groups -OCH3 is 3. The second kappa shape index (κ2) is 4.97. The summed E-state index contributed by atoms with van der Waals surface area (Å²) in [6.07, 6.45) is 2.90. The summed E-state index contributed by atoms with van der Waals surface area (Å²) < 4.78 is 16.9. The van der Waals surface area contributed by atoms with Crippen molar-refractivity contribution in [2.75, 3.05) is 21.3 Å². The third-order valence-corrected chi connectivity index (χ3v) is 4.00. The maximum Gasteiger partial charge on any atom is 0.178 e. The minimum absolute atomic E-state index is 0.0771. The highest BCUT2D eigenvalue weighted by Gasteiger charge is 2.39. The molecule has 0 spiro atoms. The van der Waals surface area contributed by atoms with Crippen molar-refractivity contribution in [2.45, 2.75) is 24.8 Å². The third-order valence-electron chi connectivity index (χ3n) is 3.28. The standard InChI is InChI=1S/C13H18BrNO3/c1-16-9-6-8(7-13(15)4-5-13)11(17-2)10(14)12(9)18-3/h6H,4-5,7,15H2,1-3H3. The molecule has 0 unspecified atom stereocenters. The van der Waals surface area contributed by atoms with Gasteiger partial charge < -0.3 is 19.9 Å². The predicted molar refractivity (Wildman–Crippen MR) is 73.7 cm³/mol. The van der Waals surface area contributed by atoms with Crippen LogP contribution in [-0.2, 0) is 6.42 Å². The largest absolute Gasteiger partial charge is 0.495 e. The molecule has 0 aliphatic heterocycles. The zero-order valence-electron chi connectivity index (χ0n) is 10.9. The van der Waals surface area contributed by atoms with Crippen molar-refractivity contribution in [1.82, 2.24) is 0 Å². The molecule has 0 saturated heterocycles. The quantitative estimate of drug-likeness (QED) is 0.907. The van der Waals surface area contributed by atoms with E-state index in [9.17, 15) is 0 Å². The molecule has 0 atom stereocenters. The highest BCUT2D eigenvalue weighted by atomic mass is 79.9. The number of halogens is 1.